The summed E-state index contributed by atoms with van der Waals surface area (Å²) in [5.41, 5.74) is 0. The van der Waals surface area contributed by atoms with E-state index in [0.29, 0.717) is 23.9 Å². The van der Waals surface area contributed by atoms with Gasteiger partial charge in [0.25, 0.3) is 7.82 Å². The lowest BCUT2D eigenvalue weighted by Crippen LogP contribution is -2.47. The summed E-state index contributed by atoms with van der Waals surface area (Å²) in [6.45, 7) is 6.82. The number of unbranched alkanes of at least 4 members (excludes halogenated alkanes) is 37. The molecular weight excluding hydrogens is 1000 g/mol. The lowest BCUT2D eigenvalue weighted by atomic mass is 10.0. The number of phosphoric acid groups is 1. The number of esters is 1. The molecule has 0 saturated carbocycles. The molecule has 462 valence electrons. The fraction of sp³-hybridized carbons (Fsp3) is 0.826. The average molecular weight is 1130 g/mol. The van der Waals surface area contributed by atoms with Crippen LogP contribution in [0.1, 0.15) is 316 Å². The van der Waals surface area contributed by atoms with Gasteiger partial charge in [-0.15, -0.1) is 0 Å². The number of allylic oxidation sites excluding steroid dienone is 9. The van der Waals surface area contributed by atoms with Crippen molar-refractivity contribution in [1.29, 1.82) is 0 Å². The SMILES string of the molecule is CCCCC/C=C\C/C=C\C/C=C\CCCCCCCCCCCCCCCCC(=O)OC(/C=C\CCCCCCCCCCCC)C(COP(=O)([O-])OCC[N+](C)(C)C)NC(=O)CCCCC/C=C\CCCCCCCCC. The quantitative estimate of drug-likeness (QED) is 0.0212. The highest BCUT2D eigenvalue weighted by atomic mass is 31.2. The molecular formula is C69H129N2O7P. The van der Waals surface area contributed by atoms with E-state index in [9.17, 15) is 19.0 Å². The summed E-state index contributed by atoms with van der Waals surface area (Å²) in [5.74, 6) is -0.551. The molecule has 0 spiro atoms. The number of likely N-dealkylation sites (N-methyl/N-ethyl adjacent to an activating group) is 1. The van der Waals surface area contributed by atoms with Crippen molar-refractivity contribution in [2.75, 3.05) is 40.9 Å². The monoisotopic (exact) mass is 1130 g/mol. The van der Waals surface area contributed by atoms with Crippen LogP contribution in [0.5, 0.6) is 0 Å². The number of carbonyl (C=O) groups is 2. The Bertz CT molecular complexity index is 1540. The lowest BCUT2D eigenvalue weighted by Gasteiger charge is -2.30. The van der Waals surface area contributed by atoms with E-state index in [2.05, 4.69) is 74.7 Å². The summed E-state index contributed by atoms with van der Waals surface area (Å²) in [7, 11) is 1.18. The van der Waals surface area contributed by atoms with Crippen molar-refractivity contribution in [1.82, 2.24) is 5.32 Å². The molecule has 0 rings (SSSR count). The maximum atomic E-state index is 13.5. The minimum Gasteiger partial charge on any atom is -0.756 e. The molecule has 0 aromatic carbocycles. The number of quaternary nitrogens is 1. The maximum Gasteiger partial charge on any atom is 0.306 e. The topological polar surface area (TPSA) is 114 Å². The van der Waals surface area contributed by atoms with Gasteiger partial charge in [-0.2, -0.15) is 0 Å². The molecule has 0 bridgehead atoms. The van der Waals surface area contributed by atoms with Crippen LogP contribution >= 0.6 is 7.82 Å². The zero-order chi connectivity index (χ0) is 57.9. The van der Waals surface area contributed by atoms with Gasteiger partial charge >= 0.3 is 5.97 Å². The molecule has 1 amide bonds. The van der Waals surface area contributed by atoms with Crippen molar-refractivity contribution in [3.05, 3.63) is 60.8 Å². The number of ether oxygens (including phenoxy) is 1. The number of hydrogen-bond donors (Lipinski definition) is 1. The maximum absolute atomic E-state index is 13.5. The number of nitrogens with one attached hydrogen (secondary N) is 1. The number of amides is 1. The highest BCUT2D eigenvalue weighted by Gasteiger charge is 2.27. The van der Waals surface area contributed by atoms with E-state index in [4.69, 9.17) is 13.8 Å². The fourth-order valence-corrected chi connectivity index (χ4v) is 10.4. The van der Waals surface area contributed by atoms with Gasteiger partial charge in [0.15, 0.2) is 0 Å². The Kier molecular flexibility index (Phi) is 57.2. The number of carbonyl (C=O) groups excluding carboxylic acids is 2. The van der Waals surface area contributed by atoms with Gasteiger partial charge in [0.05, 0.1) is 33.8 Å². The van der Waals surface area contributed by atoms with Crippen LogP contribution in [0.3, 0.4) is 0 Å². The van der Waals surface area contributed by atoms with Crippen molar-refractivity contribution < 1.29 is 37.3 Å². The summed E-state index contributed by atoms with van der Waals surface area (Å²) in [6.07, 6.45) is 74.9. The third kappa shape index (κ3) is 60.1. The molecule has 0 radical (unpaired) electrons. The van der Waals surface area contributed by atoms with Gasteiger partial charge in [0.2, 0.25) is 5.91 Å². The highest BCUT2D eigenvalue weighted by molar-refractivity contribution is 7.45. The van der Waals surface area contributed by atoms with Crippen LogP contribution in [-0.4, -0.2) is 69.4 Å². The van der Waals surface area contributed by atoms with Gasteiger partial charge in [-0.3, -0.25) is 14.2 Å². The molecule has 3 atom stereocenters. The normalized spacial score (nSPS) is 14.0. The summed E-state index contributed by atoms with van der Waals surface area (Å²) < 4.78 is 30.3. The van der Waals surface area contributed by atoms with Gasteiger partial charge in [-0.05, 0) is 96.0 Å². The fourth-order valence-electron chi connectivity index (χ4n) is 9.70. The van der Waals surface area contributed by atoms with Gasteiger partial charge in [0.1, 0.15) is 19.3 Å². The van der Waals surface area contributed by atoms with E-state index >= 15 is 0 Å². The molecule has 0 heterocycles. The number of rotatable bonds is 61. The lowest BCUT2D eigenvalue weighted by molar-refractivity contribution is -0.870. The number of hydrogen-bond acceptors (Lipinski definition) is 7. The second-order valence-electron chi connectivity index (χ2n) is 24.0. The largest absolute Gasteiger partial charge is 0.756 e. The van der Waals surface area contributed by atoms with E-state index in [1.165, 1.54) is 199 Å². The molecule has 0 aliphatic heterocycles. The van der Waals surface area contributed by atoms with Crippen LogP contribution in [0.15, 0.2) is 60.8 Å². The van der Waals surface area contributed by atoms with Crippen LogP contribution in [0.25, 0.3) is 0 Å². The standard InChI is InChI=1S/C69H129N2O7P/c1-7-10-13-16-19-22-25-28-30-31-32-33-34-35-36-37-38-39-40-41-42-44-47-50-53-56-59-62-69(73)78-67(60-57-54-51-48-45-27-24-21-18-15-12-9-3)66(65-77-79(74,75)76-64-63-71(4,5)6)70-68(72)61-58-55-52-49-46-43-29-26-23-20-17-14-11-8-2/h19,22,28,30,32-33,43,46,57,60,66-67H,7-18,20-21,23-27,29,31,34-42,44-45,47-56,58-59,61-65H2,1-6H3,(H-,70,72,74,75)/b22-19-,30-28-,33-32-,46-43-,60-57-. The van der Waals surface area contributed by atoms with Crippen molar-refractivity contribution in [2.24, 2.45) is 0 Å². The Labute approximate surface area is 490 Å². The van der Waals surface area contributed by atoms with Gasteiger partial charge in [-0.25, -0.2) is 0 Å². The van der Waals surface area contributed by atoms with Crippen molar-refractivity contribution in [2.45, 2.75) is 328 Å². The van der Waals surface area contributed by atoms with Gasteiger partial charge < -0.3 is 28.5 Å². The minimum absolute atomic E-state index is 0.0249. The Morgan fingerprint density at radius 2 is 0.772 bits per heavy atom. The first-order chi connectivity index (χ1) is 38.4. The molecule has 0 aromatic rings. The summed E-state index contributed by atoms with van der Waals surface area (Å²) in [6, 6.07) is -0.896. The zero-order valence-corrected chi connectivity index (χ0v) is 53.7. The molecule has 1 N–H and O–H groups in total. The Balaban J connectivity index is 5.03. The second kappa shape index (κ2) is 58.9. The predicted molar refractivity (Wildman–Crippen MR) is 339 cm³/mol. The molecule has 0 fully saturated rings. The Hall–Kier alpha value is -2.29. The Morgan fingerprint density at radius 3 is 1.20 bits per heavy atom. The van der Waals surface area contributed by atoms with Crippen LogP contribution in [0.4, 0.5) is 0 Å². The van der Waals surface area contributed by atoms with Gasteiger partial charge in [0, 0.05) is 12.8 Å². The summed E-state index contributed by atoms with van der Waals surface area (Å²) in [4.78, 5) is 40.0. The number of phosphoric ester groups is 1. The van der Waals surface area contributed by atoms with Crippen LogP contribution in [0, 0.1) is 0 Å². The van der Waals surface area contributed by atoms with Gasteiger partial charge in [-0.1, -0.05) is 268 Å². The van der Waals surface area contributed by atoms with E-state index in [-0.39, 0.29) is 24.9 Å². The van der Waals surface area contributed by atoms with Crippen molar-refractivity contribution >= 4 is 19.7 Å². The molecule has 0 saturated heterocycles. The highest BCUT2D eigenvalue weighted by Crippen LogP contribution is 2.38. The first kappa shape index (κ1) is 76.7. The van der Waals surface area contributed by atoms with Crippen LogP contribution in [0.2, 0.25) is 0 Å². The molecule has 3 unspecified atom stereocenters. The second-order valence-corrected chi connectivity index (χ2v) is 25.4. The third-order valence-electron chi connectivity index (χ3n) is 14.9. The van der Waals surface area contributed by atoms with E-state index < -0.39 is 26.6 Å². The first-order valence-corrected chi connectivity index (χ1v) is 35.1. The average Bonchev–Trinajstić information content (AvgIpc) is 3.41. The first-order valence-electron chi connectivity index (χ1n) is 33.6. The molecule has 0 aliphatic carbocycles. The summed E-state index contributed by atoms with van der Waals surface area (Å²) in [5, 5.41) is 3.02. The van der Waals surface area contributed by atoms with Crippen LogP contribution < -0.4 is 10.2 Å². The van der Waals surface area contributed by atoms with Crippen molar-refractivity contribution in [3.8, 4) is 0 Å². The minimum atomic E-state index is -4.70. The van der Waals surface area contributed by atoms with Crippen LogP contribution in [-0.2, 0) is 27.9 Å². The molecule has 79 heavy (non-hydrogen) atoms. The third-order valence-corrected chi connectivity index (χ3v) is 15.9. The van der Waals surface area contributed by atoms with E-state index in [1.807, 2.05) is 33.3 Å². The van der Waals surface area contributed by atoms with Crippen molar-refractivity contribution in [3.63, 3.8) is 0 Å². The Morgan fingerprint density at radius 1 is 0.443 bits per heavy atom. The molecule has 10 heteroatoms. The van der Waals surface area contributed by atoms with E-state index in [1.54, 1.807) is 0 Å². The smallest absolute Gasteiger partial charge is 0.306 e. The molecule has 0 aliphatic rings. The van der Waals surface area contributed by atoms with E-state index in [0.717, 1.165) is 77.0 Å². The zero-order valence-electron chi connectivity index (χ0n) is 52.8. The summed E-state index contributed by atoms with van der Waals surface area (Å²) >= 11 is 0. The molecule has 9 nitrogen and oxygen atoms in total. The predicted octanol–water partition coefficient (Wildman–Crippen LogP) is 20.4. The molecule has 0 aromatic heterocycles. The number of nitrogens with zero attached hydrogens (tertiary/aromatic N) is 1.